The molecule has 0 fully saturated rings. The van der Waals surface area contributed by atoms with Crippen LogP contribution in [0.5, 0.6) is 0 Å². The van der Waals surface area contributed by atoms with Gasteiger partial charge in [0.25, 0.3) is 0 Å². The van der Waals surface area contributed by atoms with E-state index in [-0.39, 0.29) is 5.97 Å². The molecule has 0 spiro atoms. The van der Waals surface area contributed by atoms with Gasteiger partial charge in [-0.1, -0.05) is 6.92 Å². The fourth-order valence-electron chi connectivity index (χ4n) is 2.27. The number of rotatable bonds is 6. The number of thiophene rings is 1. The second kappa shape index (κ2) is 8.25. The van der Waals surface area contributed by atoms with E-state index in [1.165, 1.54) is 18.4 Å². The molecule has 0 atom stereocenters. The van der Waals surface area contributed by atoms with Crippen LogP contribution in [0.1, 0.15) is 40.3 Å². The molecule has 130 valence electrons. The minimum atomic E-state index is -0.365. The van der Waals surface area contributed by atoms with Crippen LogP contribution in [-0.4, -0.2) is 28.0 Å². The van der Waals surface area contributed by atoms with Crippen LogP contribution in [0.15, 0.2) is 12.3 Å². The molecule has 0 aliphatic carbocycles. The number of hydrogen-bond donors (Lipinski definition) is 2. The van der Waals surface area contributed by atoms with Gasteiger partial charge < -0.3 is 15.4 Å². The van der Waals surface area contributed by atoms with E-state index in [1.54, 1.807) is 0 Å². The average molecular weight is 367 g/mol. The zero-order valence-electron chi connectivity index (χ0n) is 14.3. The van der Waals surface area contributed by atoms with E-state index in [0.717, 1.165) is 29.1 Å². The molecule has 0 aromatic carbocycles. The molecular formula is C16H22N4O2S2. The summed E-state index contributed by atoms with van der Waals surface area (Å²) in [6.45, 7) is 7.55. The fraction of sp³-hybridized carbons (Fsp3) is 0.438. The maximum atomic E-state index is 11.9. The van der Waals surface area contributed by atoms with E-state index in [4.69, 9.17) is 17.0 Å². The number of aromatic nitrogens is 2. The summed E-state index contributed by atoms with van der Waals surface area (Å²) < 4.78 is 6.77. The Balaban J connectivity index is 2.03. The van der Waals surface area contributed by atoms with Gasteiger partial charge >= 0.3 is 5.97 Å². The Hall–Kier alpha value is -1.93. The normalized spacial score (nSPS) is 10.5. The summed E-state index contributed by atoms with van der Waals surface area (Å²) in [4.78, 5) is 13.0. The molecule has 0 aliphatic heterocycles. The second-order valence-corrected chi connectivity index (χ2v) is 6.72. The number of anilines is 1. The van der Waals surface area contributed by atoms with Crippen molar-refractivity contribution in [3.63, 3.8) is 0 Å². The summed E-state index contributed by atoms with van der Waals surface area (Å²) >= 11 is 6.85. The number of esters is 1. The van der Waals surface area contributed by atoms with Crippen LogP contribution in [0.25, 0.3) is 0 Å². The van der Waals surface area contributed by atoms with Gasteiger partial charge in [0.05, 0.1) is 18.9 Å². The quantitative estimate of drug-likeness (QED) is 0.605. The van der Waals surface area contributed by atoms with Crippen molar-refractivity contribution >= 4 is 39.6 Å². The molecule has 0 saturated carbocycles. The summed E-state index contributed by atoms with van der Waals surface area (Å²) in [6, 6.07) is 1.84. The number of thiocarbonyl (C=S) groups is 1. The molecule has 6 nitrogen and oxygen atoms in total. The Kier molecular flexibility index (Phi) is 6.33. The molecule has 0 bridgehead atoms. The van der Waals surface area contributed by atoms with Crippen LogP contribution < -0.4 is 10.6 Å². The predicted octanol–water partition coefficient (Wildman–Crippen LogP) is 3.11. The molecule has 2 rings (SSSR count). The first kappa shape index (κ1) is 18.4. The molecule has 0 radical (unpaired) electrons. The zero-order valence-corrected chi connectivity index (χ0v) is 15.9. The number of methoxy groups -OCH3 is 1. The van der Waals surface area contributed by atoms with Gasteiger partial charge in [0.15, 0.2) is 5.11 Å². The summed E-state index contributed by atoms with van der Waals surface area (Å²) in [5.41, 5.74) is 2.72. The number of aryl methyl sites for hydroxylation is 2. The molecular weight excluding hydrogens is 344 g/mol. The Morgan fingerprint density at radius 3 is 2.79 bits per heavy atom. The van der Waals surface area contributed by atoms with E-state index < -0.39 is 0 Å². The highest BCUT2D eigenvalue weighted by atomic mass is 32.1. The van der Waals surface area contributed by atoms with Crippen LogP contribution in [0, 0.1) is 6.92 Å². The SMILES string of the molecule is CCc1cc(C(=O)OC)c(NC(=S)NCc2cnn(CC)c2C)s1. The third-order valence-electron chi connectivity index (χ3n) is 3.71. The summed E-state index contributed by atoms with van der Waals surface area (Å²) in [7, 11) is 1.38. The lowest BCUT2D eigenvalue weighted by Gasteiger charge is -2.10. The van der Waals surface area contributed by atoms with Crippen molar-refractivity contribution in [1.29, 1.82) is 0 Å². The largest absolute Gasteiger partial charge is 0.465 e. The summed E-state index contributed by atoms with van der Waals surface area (Å²) in [6.07, 6.45) is 2.70. The molecule has 2 aromatic heterocycles. The van der Waals surface area contributed by atoms with E-state index in [9.17, 15) is 4.79 Å². The molecule has 2 heterocycles. The topological polar surface area (TPSA) is 68.2 Å². The molecule has 0 saturated heterocycles. The van der Waals surface area contributed by atoms with E-state index in [0.29, 0.717) is 22.2 Å². The van der Waals surface area contributed by atoms with Gasteiger partial charge in [0.2, 0.25) is 0 Å². The van der Waals surface area contributed by atoms with Gasteiger partial charge in [-0.25, -0.2) is 4.79 Å². The maximum Gasteiger partial charge on any atom is 0.340 e. The molecule has 2 aromatic rings. The van der Waals surface area contributed by atoms with Gasteiger partial charge in [-0.05, 0) is 38.6 Å². The number of nitrogens with zero attached hydrogens (tertiary/aromatic N) is 2. The number of carbonyl (C=O) groups is 1. The minimum Gasteiger partial charge on any atom is -0.465 e. The third kappa shape index (κ3) is 4.12. The van der Waals surface area contributed by atoms with Crippen molar-refractivity contribution in [2.75, 3.05) is 12.4 Å². The first-order valence-corrected chi connectivity index (χ1v) is 8.99. The van der Waals surface area contributed by atoms with Crippen LogP contribution in [0.3, 0.4) is 0 Å². The van der Waals surface area contributed by atoms with Crippen LogP contribution >= 0.6 is 23.6 Å². The maximum absolute atomic E-state index is 11.9. The Labute approximate surface area is 151 Å². The lowest BCUT2D eigenvalue weighted by Crippen LogP contribution is -2.28. The molecule has 2 N–H and O–H groups in total. The lowest BCUT2D eigenvalue weighted by molar-refractivity contribution is 0.0602. The van der Waals surface area contributed by atoms with Gasteiger partial charge in [-0.15, -0.1) is 11.3 Å². The van der Waals surface area contributed by atoms with Gasteiger partial charge in [0, 0.05) is 29.2 Å². The van der Waals surface area contributed by atoms with E-state index >= 15 is 0 Å². The first-order chi connectivity index (χ1) is 11.5. The summed E-state index contributed by atoms with van der Waals surface area (Å²) in [5, 5.41) is 11.7. The second-order valence-electron chi connectivity index (χ2n) is 5.18. The average Bonchev–Trinajstić information content (AvgIpc) is 3.15. The highest BCUT2D eigenvalue weighted by molar-refractivity contribution is 7.80. The first-order valence-electron chi connectivity index (χ1n) is 7.77. The summed E-state index contributed by atoms with van der Waals surface area (Å²) in [5.74, 6) is -0.365. The van der Waals surface area contributed by atoms with Crippen LogP contribution in [0.4, 0.5) is 5.00 Å². The van der Waals surface area contributed by atoms with Crippen molar-refractivity contribution in [2.45, 2.75) is 40.3 Å². The fourth-order valence-corrected chi connectivity index (χ4v) is 3.50. The van der Waals surface area contributed by atoms with Gasteiger partial charge in [-0.2, -0.15) is 5.10 Å². The lowest BCUT2D eigenvalue weighted by atomic mass is 10.2. The predicted molar refractivity (Wildman–Crippen MR) is 101 cm³/mol. The van der Waals surface area contributed by atoms with Crippen molar-refractivity contribution in [3.05, 3.63) is 34.0 Å². The standard InChI is InChI=1S/C16H22N4O2S2/c1-5-12-7-13(15(21)22-4)14(24-12)19-16(23)17-8-11-9-18-20(6-2)10(11)3/h7,9H,5-6,8H2,1-4H3,(H2,17,19,23). The van der Waals surface area contributed by atoms with E-state index in [2.05, 4.69) is 22.7 Å². The molecule has 0 unspecified atom stereocenters. The number of carbonyl (C=O) groups excluding carboxylic acids is 1. The molecule has 0 aliphatic rings. The molecule has 0 amide bonds. The molecule has 24 heavy (non-hydrogen) atoms. The monoisotopic (exact) mass is 366 g/mol. The number of nitrogens with one attached hydrogen (secondary N) is 2. The van der Waals surface area contributed by atoms with Gasteiger partial charge in [-0.3, -0.25) is 4.68 Å². The van der Waals surface area contributed by atoms with Crippen LogP contribution in [-0.2, 0) is 24.2 Å². The highest BCUT2D eigenvalue weighted by Crippen LogP contribution is 2.29. The Morgan fingerprint density at radius 2 is 2.21 bits per heavy atom. The van der Waals surface area contributed by atoms with E-state index in [1.807, 2.05) is 30.8 Å². The number of hydrogen-bond acceptors (Lipinski definition) is 5. The number of ether oxygens (including phenoxy) is 1. The zero-order chi connectivity index (χ0) is 17.7. The Bertz CT molecular complexity index is 737. The highest BCUT2D eigenvalue weighted by Gasteiger charge is 2.17. The van der Waals surface area contributed by atoms with Crippen molar-refractivity contribution in [2.24, 2.45) is 0 Å². The van der Waals surface area contributed by atoms with Crippen LogP contribution in [0.2, 0.25) is 0 Å². The minimum absolute atomic E-state index is 0.365. The van der Waals surface area contributed by atoms with Crippen molar-refractivity contribution in [3.8, 4) is 0 Å². The third-order valence-corrected chi connectivity index (χ3v) is 5.15. The Morgan fingerprint density at radius 1 is 1.46 bits per heavy atom. The van der Waals surface area contributed by atoms with Crippen molar-refractivity contribution < 1.29 is 9.53 Å². The smallest absolute Gasteiger partial charge is 0.340 e. The molecule has 8 heteroatoms. The van der Waals surface area contributed by atoms with Gasteiger partial charge in [0.1, 0.15) is 5.00 Å². The van der Waals surface area contributed by atoms with Crippen molar-refractivity contribution in [1.82, 2.24) is 15.1 Å².